The van der Waals surface area contributed by atoms with Crippen LogP contribution in [0.5, 0.6) is 0 Å². The zero-order chi connectivity index (χ0) is 17.1. The highest BCUT2D eigenvalue weighted by Crippen LogP contribution is 2.24. The molecule has 1 fully saturated rings. The normalized spacial score (nSPS) is 17.4. The number of nitrogens with zero attached hydrogens (tertiary/aromatic N) is 3. The van der Waals surface area contributed by atoms with Gasteiger partial charge in [0.15, 0.2) is 6.10 Å². The summed E-state index contributed by atoms with van der Waals surface area (Å²) in [5.41, 5.74) is 1.55. The zero-order valence-corrected chi connectivity index (χ0v) is 13.5. The molecular weight excluding hydrogens is 318 g/mol. The molecule has 2 aromatic carbocycles. The van der Waals surface area contributed by atoms with E-state index in [1.54, 1.807) is 4.90 Å². The van der Waals surface area contributed by atoms with Crippen molar-refractivity contribution < 1.29 is 14.1 Å². The number of morpholine rings is 1. The molecule has 6 heteroatoms. The Bertz CT molecular complexity index is 849. The second kappa shape index (κ2) is 6.86. The van der Waals surface area contributed by atoms with Crippen LogP contribution in [0.4, 0.5) is 0 Å². The summed E-state index contributed by atoms with van der Waals surface area (Å²) < 4.78 is 11.1. The summed E-state index contributed by atoms with van der Waals surface area (Å²) in [5, 5.41) is 4.02. The van der Waals surface area contributed by atoms with E-state index in [9.17, 15) is 4.79 Å². The van der Waals surface area contributed by atoms with Gasteiger partial charge >= 0.3 is 0 Å². The molecule has 1 aliphatic heterocycles. The molecule has 0 aliphatic carbocycles. The molecule has 1 atom stereocenters. The van der Waals surface area contributed by atoms with Crippen molar-refractivity contribution in [1.29, 1.82) is 0 Å². The van der Waals surface area contributed by atoms with Gasteiger partial charge in [-0.15, -0.1) is 0 Å². The van der Waals surface area contributed by atoms with Gasteiger partial charge < -0.3 is 14.2 Å². The van der Waals surface area contributed by atoms with E-state index >= 15 is 0 Å². The fourth-order valence-corrected chi connectivity index (χ4v) is 2.82. The van der Waals surface area contributed by atoms with Crippen LogP contribution in [0.2, 0.25) is 0 Å². The molecule has 0 radical (unpaired) electrons. The Morgan fingerprint density at radius 3 is 2.52 bits per heavy atom. The summed E-state index contributed by atoms with van der Waals surface area (Å²) in [6.07, 6.45) is -0.411. The van der Waals surface area contributed by atoms with Gasteiger partial charge in [0.2, 0.25) is 5.82 Å². The van der Waals surface area contributed by atoms with Crippen LogP contribution in [0, 0.1) is 0 Å². The molecule has 25 heavy (non-hydrogen) atoms. The molecule has 1 aromatic heterocycles. The van der Waals surface area contributed by atoms with Crippen molar-refractivity contribution in [1.82, 2.24) is 15.0 Å². The van der Waals surface area contributed by atoms with E-state index in [1.165, 1.54) is 0 Å². The van der Waals surface area contributed by atoms with E-state index in [-0.39, 0.29) is 5.91 Å². The summed E-state index contributed by atoms with van der Waals surface area (Å²) in [6, 6.07) is 18.8. The monoisotopic (exact) mass is 335 g/mol. The van der Waals surface area contributed by atoms with Crippen LogP contribution in [0.15, 0.2) is 65.2 Å². The SMILES string of the molecule is O=C(c1ccccc1)N1CCO[C@@H](c2nc(-c3ccccc3)no2)C1. The molecule has 1 saturated heterocycles. The lowest BCUT2D eigenvalue weighted by molar-refractivity contribution is -0.0367. The maximum Gasteiger partial charge on any atom is 0.257 e. The van der Waals surface area contributed by atoms with Crippen LogP contribution < -0.4 is 0 Å². The standard InChI is InChI=1S/C19H17N3O3/c23-19(15-9-5-2-6-10-15)22-11-12-24-16(13-22)18-20-17(21-25-18)14-7-3-1-4-8-14/h1-10,16H,11-13H2/t16-/m1/s1. The maximum absolute atomic E-state index is 12.6. The Balaban J connectivity index is 1.50. The molecular formula is C19H17N3O3. The van der Waals surface area contributed by atoms with Crippen LogP contribution >= 0.6 is 0 Å². The van der Waals surface area contributed by atoms with Gasteiger partial charge in [-0.25, -0.2) is 0 Å². The lowest BCUT2D eigenvalue weighted by Gasteiger charge is -2.31. The third kappa shape index (κ3) is 3.29. The van der Waals surface area contributed by atoms with Gasteiger partial charge in [0.05, 0.1) is 13.2 Å². The average molecular weight is 335 g/mol. The predicted molar refractivity (Wildman–Crippen MR) is 90.8 cm³/mol. The third-order valence-corrected chi connectivity index (χ3v) is 4.12. The van der Waals surface area contributed by atoms with Crippen LogP contribution in [-0.2, 0) is 4.74 Å². The number of aromatic nitrogens is 2. The molecule has 3 aromatic rings. The summed E-state index contributed by atoms with van der Waals surface area (Å²) in [6.45, 7) is 1.38. The topological polar surface area (TPSA) is 68.5 Å². The molecule has 0 bridgehead atoms. The molecule has 0 unspecified atom stereocenters. The van der Waals surface area contributed by atoms with Gasteiger partial charge in [-0.2, -0.15) is 4.98 Å². The van der Waals surface area contributed by atoms with Crippen molar-refractivity contribution in [3.63, 3.8) is 0 Å². The molecule has 126 valence electrons. The van der Waals surface area contributed by atoms with Crippen molar-refractivity contribution >= 4 is 5.91 Å². The first-order valence-electron chi connectivity index (χ1n) is 8.16. The minimum atomic E-state index is -0.411. The number of rotatable bonds is 3. The van der Waals surface area contributed by atoms with Crippen molar-refractivity contribution in [2.24, 2.45) is 0 Å². The Morgan fingerprint density at radius 2 is 1.76 bits per heavy atom. The number of carbonyl (C=O) groups is 1. The summed E-state index contributed by atoms with van der Waals surface area (Å²) in [7, 11) is 0. The number of amides is 1. The van der Waals surface area contributed by atoms with Crippen LogP contribution in [-0.4, -0.2) is 40.6 Å². The van der Waals surface area contributed by atoms with E-state index in [0.29, 0.717) is 37.0 Å². The smallest absolute Gasteiger partial charge is 0.257 e. The first-order chi connectivity index (χ1) is 12.3. The van der Waals surface area contributed by atoms with E-state index in [0.717, 1.165) is 5.56 Å². The minimum absolute atomic E-state index is 0.0169. The Labute approximate surface area is 145 Å². The predicted octanol–water partition coefficient (Wildman–Crippen LogP) is 2.95. The van der Waals surface area contributed by atoms with E-state index in [2.05, 4.69) is 10.1 Å². The molecule has 1 aliphatic rings. The largest absolute Gasteiger partial charge is 0.365 e. The van der Waals surface area contributed by atoms with E-state index in [4.69, 9.17) is 9.26 Å². The van der Waals surface area contributed by atoms with Gasteiger partial charge in [-0.1, -0.05) is 53.7 Å². The van der Waals surface area contributed by atoms with Crippen molar-refractivity contribution in [2.45, 2.75) is 6.10 Å². The molecule has 4 rings (SSSR count). The first kappa shape index (κ1) is 15.5. The highest BCUT2D eigenvalue weighted by molar-refractivity contribution is 5.94. The molecule has 1 amide bonds. The molecule has 0 spiro atoms. The van der Waals surface area contributed by atoms with Crippen LogP contribution in [0.1, 0.15) is 22.4 Å². The van der Waals surface area contributed by atoms with E-state index in [1.807, 2.05) is 60.7 Å². The molecule has 2 heterocycles. The molecule has 0 N–H and O–H groups in total. The van der Waals surface area contributed by atoms with Gasteiger partial charge in [-0.05, 0) is 12.1 Å². The summed E-state index contributed by atoms with van der Waals surface area (Å²) in [4.78, 5) is 18.8. The van der Waals surface area contributed by atoms with Crippen molar-refractivity contribution in [3.05, 3.63) is 72.1 Å². The summed E-state index contributed by atoms with van der Waals surface area (Å²) >= 11 is 0. The Hall–Kier alpha value is -2.99. The fourth-order valence-electron chi connectivity index (χ4n) is 2.82. The van der Waals surface area contributed by atoms with Crippen LogP contribution in [0.25, 0.3) is 11.4 Å². The van der Waals surface area contributed by atoms with Crippen molar-refractivity contribution in [3.8, 4) is 11.4 Å². The maximum atomic E-state index is 12.6. The number of ether oxygens (including phenoxy) is 1. The number of hydrogen-bond donors (Lipinski definition) is 0. The zero-order valence-electron chi connectivity index (χ0n) is 13.5. The van der Waals surface area contributed by atoms with Gasteiger partial charge in [0.1, 0.15) is 0 Å². The van der Waals surface area contributed by atoms with Gasteiger partial charge in [-0.3, -0.25) is 4.79 Å². The lowest BCUT2D eigenvalue weighted by atomic mass is 10.1. The first-order valence-corrected chi connectivity index (χ1v) is 8.16. The van der Waals surface area contributed by atoms with Crippen LogP contribution in [0.3, 0.4) is 0 Å². The van der Waals surface area contributed by atoms with Crippen molar-refractivity contribution in [2.75, 3.05) is 19.7 Å². The lowest BCUT2D eigenvalue weighted by Crippen LogP contribution is -2.42. The molecule has 0 saturated carbocycles. The summed E-state index contributed by atoms with van der Waals surface area (Å²) in [5.74, 6) is 0.895. The quantitative estimate of drug-likeness (QED) is 0.736. The Morgan fingerprint density at radius 1 is 1.04 bits per heavy atom. The highest BCUT2D eigenvalue weighted by atomic mass is 16.5. The highest BCUT2D eigenvalue weighted by Gasteiger charge is 2.30. The van der Waals surface area contributed by atoms with E-state index < -0.39 is 6.10 Å². The second-order valence-corrected chi connectivity index (χ2v) is 5.80. The number of hydrogen-bond acceptors (Lipinski definition) is 5. The van der Waals surface area contributed by atoms with Gasteiger partial charge in [0.25, 0.3) is 11.8 Å². The second-order valence-electron chi connectivity index (χ2n) is 5.80. The molecule has 6 nitrogen and oxygen atoms in total. The van der Waals surface area contributed by atoms with Gasteiger partial charge in [0, 0.05) is 17.7 Å². The number of benzene rings is 2. The third-order valence-electron chi connectivity index (χ3n) is 4.12. The minimum Gasteiger partial charge on any atom is -0.365 e. The Kier molecular flexibility index (Phi) is 4.26. The fraction of sp³-hybridized carbons (Fsp3) is 0.211. The number of carbonyl (C=O) groups excluding carboxylic acids is 1. The average Bonchev–Trinajstić information content (AvgIpc) is 3.19.